The van der Waals surface area contributed by atoms with Crippen LogP contribution in [0.5, 0.6) is 0 Å². The molecule has 0 saturated heterocycles. The van der Waals surface area contributed by atoms with Crippen molar-refractivity contribution >= 4 is 0 Å². The Bertz CT molecular complexity index is 708. The molecule has 0 saturated carbocycles. The van der Waals surface area contributed by atoms with E-state index in [-0.39, 0.29) is 12.8 Å². The topological polar surface area (TPSA) is 26.0 Å². The van der Waals surface area contributed by atoms with Crippen LogP contribution in [0.3, 0.4) is 0 Å². The molecule has 1 nitrogen and oxygen atoms in total. The molecule has 0 aromatic rings. The van der Waals surface area contributed by atoms with Crippen LogP contribution >= 0.6 is 0 Å². The molecule has 1 atom stereocenters. The fourth-order valence-electron chi connectivity index (χ4n) is 4.64. The number of halogens is 13. The van der Waals surface area contributed by atoms with Gasteiger partial charge in [-0.15, -0.1) is 0 Å². The average Bonchev–Trinajstić information content (AvgIpc) is 2.88. The van der Waals surface area contributed by atoms with Gasteiger partial charge < -0.3 is 5.73 Å². The number of nitrogens with two attached hydrogens (primary N) is 1. The summed E-state index contributed by atoms with van der Waals surface area (Å²) in [6.07, 6.45) is 10.1. The highest BCUT2D eigenvalue weighted by molar-refractivity contribution is 5.12. The molecule has 0 amide bonds. The Balaban J connectivity index is 4.27. The summed E-state index contributed by atoms with van der Waals surface area (Å²) in [5.74, 6) is -36.9. The first-order chi connectivity index (χ1) is 19.2. The Morgan fingerprint density at radius 1 is 0.381 bits per heavy atom. The van der Waals surface area contributed by atoms with Crippen LogP contribution in [0.15, 0.2) is 0 Å². The summed E-state index contributed by atoms with van der Waals surface area (Å²) < 4.78 is 172. The van der Waals surface area contributed by atoms with Crippen LogP contribution in [-0.4, -0.2) is 41.8 Å². The molecule has 0 aliphatic heterocycles. The van der Waals surface area contributed by atoms with E-state index >= 15 is 0 Å². The smallest absolute Gasteiger partial charge is 0.322 e. The summed E-state index contributed by atoms with van der Waals surface area (Å²) in [5, 5.41) is 0. The third-order valence-corrected chi connectivity index (χ3v) is 7.54. The van der Waals surface area contributed by atoms with E-state index in [0.717, 1.165) is 32.1 Å². The zero-order valence-electron chi connectivity index (χ0n) is 24.2. The lowest BCUT2D eigenvalue weighted by atomic mass is 9.89. The lowest BCUT2D eigenvalue weighted by Crippen LogP contribution is -2.72. The molecule has 0 heterocycles. The van der Waals surface area contributed by atoms with Crippen LogP contribution in [-0.2, 0) is 0 Å². The van der Waals surface area contributed by atoms with E-state index in [1.165, 1.54) is 64.2 Å². The number of alkyl halides is 13. The normalized spacial score (nSPS) is 14.9. The van der Waals surface area contributed by atoms with Gasteiger partial charge in [0.1, 0.15) is 0 Å². The lowest BCUT2D eigenvalue weighted by Gasteiger charge is -2.41. The van der Waals surface area contributed by atoms with Crippen LogP contribution in [0, 0.1) is 0 Å². The second-order valence-corrected chi connectivity index (χ2v) is 11.2. The maximum absolute atomic E-state index is 14.0. The summed E-state index contributed by atoms with van der Waals surface area (Å²) in [6, 6.07) is -3.19. The van der Waals surface area contributed by atoms with Gasteiger partial charge in [-0.25, -0.2) is 0 Å². The quantitative estimate of drug-likeness (QED) is 0.0778. The minimum atomic E-state index is -7.89. The van der Waals surface area contributed by atoms with Crippen LogP contribution in [0.25, 0.3) is 0 Å². The van der Waals surface area contributed by atoms with Gasteiger partial charge in [0.15, 0.2) is 0 Å². The summed E-state index contributed by atoms with van der Waals surface area (Å²) in [5.41, 5.74) is 4.83. The van der Waals surface area contributed by atoms with Gasteiger partial charge in [-0.3, -0.25) is 0 Å². The molecule has 0 spiro atoms. The highest BCUT2D eigenvalue weighted by Gasteiger charge is 2.91. The Labute approximate surface area is 240 Å². The number of hydrogen-bond donors (Lipinski definition) is 1. The van der Waals surface area contributed by atoms with Crippen molar-refractivity contribution in [2.24, 2.45) is 5.73 Å². The first-order valence-corrected chi connectivity index (χ1v) is 14.9. The fraction of sp³-hybridized carbons (Fsp3) is 1.00. The molecule has 14 heteroatoms. The maximum atomic E-state index is 14.0. The van der Waals surface area contributed by atoms with E-state index in [4.69, 9.17) is 5.73 Å². The fourth-order valence-corrected chi connectivity index (χ4v) is 4.64. The lowest BCUT2D eigenvalue weighted by molar-refractivity contribution is -0.441. The van der Waals surface area contributed by atoms with Crippen molar-refractivity contribution in [1.82, 2.24) is 0 Å². The zero-order valence-corrected chi connectivity index (χ0v) is 24.2. The van der Waals surface area contributed by atoms with Gasteiger partial charge in [-0.1, -0.05) is 129 Å². The van der Waals surface area contributed by atoms with Gasteiger partial charge in [0.2, 0.25) is 0 Å². The van der Waals surface area contributed by atoms with E-state index in [0.29, 0.717) is 12.8 Å². The van der Waals surface area contributed by atoms with E-state index in [1.54, 1.807) is 0 Å². The Kier molecular flexibility index (Phi) is 17.7. The molecule has 0 rings (SSSR count). The molecule has 0 bridgehead atoms. The third-order valence-electron chi connectivity index (χ3n) is 7.54. The van der Waals surface area contributed by atoms with Crippen LogP contribution in [0.1, 0.15) is 135 Å². The molecule has 0 aliphatic rings. The average molecular weight is 644 g/mol. The molecule has 0 radical (unpaired) electrons. The van der Waals surface area contributed by atoms with Crippen molar-refractivity contribution in [2.75, 3.05) is 0 Å². The summed E-state index contributed by atoms with van der Waals surface area (Å²) in [6.45, 7) is 2.19. The Morgan fingerprint density at radius 3 is 0.929 bits per heavy atom. The molecule has 0 fully saturated rings. The summed E-state index contributed by atoms with van der Waals surface area (Å²) >= 11 is 0. The van der Waals surface area contributed by atoms with E-state index in [2.05, 4.69) is 6.92 Å². The van der Waals surface area contributed by atoms with Crippen molar-refractivity contribution in [3.63, 3.8) is 0 Å². The van der Waals surface area contributed by atoms with Gasteiger partial charge >= 0.3 is 35.8 Å². The van der Waals surface area contributed by atoms with Gasteiger partial charge in [-0.05, 0) is 6.42 Å². The first kappa shape index (κ1) is 41.0. The van der Waals surface area contributed by atoms with Crippen molar-refractivity contribution in [3.05, 3.63) is 0 Å². The van der Waals surface area contributed by atoms with E-state index < -0.39 is 48.3 Å². The van der Waals surface area contributed by atoms with Crippen LogP contribution in [0.2, 0.25) is 0 Å². The monoisotopic (exact) mass is 643 g/mol. The highest BCUT2D eigenvalue weighted by atomic mass is 19.4. The molecule has 254 valence electrons. The Hall–Kier alpha value is -0.950. The van der Waals surface area contributed by atoms with Gasteiger partial charge in [-0.2, -0.15) is 57.1 Å². The summed E-state index contributed by atoms with van der Waals surface area (Å²) in [7, 11) is 0. The second kappa shape index (κ2) is 18.1. The van der Waals surface area contributed by atoms with Gasteiger partial charge in [0, 0.05) is 0 Å². The minimum absolute atomic E-state index is 0.159. The second-order valence-electron chi connectivity index (χ2n) is 11.2. The maximum Gasteiger partial charge on any atom is 0.460 e. The number of rotatable bonds is 25. The van der Waals surface area contributed by atoms with Crippen LogP contribution in [0.4, 0.5) is 57.1 Å². The molecule has 0 aliphatic carbocycles. The van der Waals surface area contributed by atoms with Crippen LogP contribution < -0.4 is 5.73 Å². The standard InChI is InChI=1S/C28H46F13N/c1-2-3-4-5-6-7-8-9-10-11-12-13-14-15-16-17-18-19-20-21-22(42)23(29,30)24(31,32)25(33,34)26(35,36)27(37,38)28(39,40)41/h22H,2-21,42H2,1H3. The van der Waals surface area contributed by atoms with Crippen molar-refractivity contribution in [2.45, 2.75) is 177 Å². The highest BCUT2D eigenvalue weighted by Crippen LogP contribution is 2.60. The SMILES string of the molecule is CCCCCCCCCCCCCCCCCCCCCC(N)C(F)(F)C(F)(F)C(F)(F)C(F)(F)C(F)(F)C(F)(F)F. The predicted molar refractivity (Wildman–Crippen MR) is 137 cm³/mol. The predicted octanol–water partition coefficient (Wildman–Crippen LogP) is 11.9. The van der Waals surface area contributed by atoms with E-state index in [9.17, 15) is 57.1 Å². The molecule has 2 N–H and O–H groups in total. The van der Waals surface area contributed by atoms with E-state index in [1.807, 2.05) is 0 Å². The third kappa shape index (κ3) is 11.2. The number of unbranched alkanes of at least 4 members (excludes halogenated alkanes) is 18. The van der Waals surface area contributed by atoms with Crippen molar-refractivity contribution in [1.29, 1.82) is 0 Å². The minimum Gasteiger partial charge on any atom is -0.322 e. The Morgan fingerprint density at radius 2 is 0.643 bits per heavy atom. The van der Waals surface area contributed by atoms with Gasteiger partial charge in [0.05, 0.1) is 6.04 Å². The molecule has 42 heavy (non-hydrogen) atoms. The largest absolute Gasteiger partial charge is 0.460 e. The van der Waals surface area contributed by atoms with Crippen molar-refractivity contribution in [3.8, 4) is 0 Å². The first-order valence-electron chi connectivity index (χ1n) is 14.9. The molecule has 1 unspecified atom stereocenters. The molecule has 0 aromatic heterocycles. The molecular weight excluding hydrogens is 597 g/mol. The number of hydrogen-bond acceptors (Lipinski definition) is 1. The molecule has 0 aromatic carbocycles. The van der Waals surface area contributed by atoms with Crippen molar-refractivity contribution < 1.29 is 57.1 Å². The van der Waals surface area contributed by atoms with Gasteiger partial charge in [0.25, 0.3) is 0 Å². The zero-order chi connectivity index (χ0) is 32.7. The summed E-state index contributed by atoms with van der Waals surface area (Å²) in [4.78, 5) is 0. The molecular formula is C28H46F13N.